The van der Waals surface area contributed by atoms with E-state index in [-0.39, 0.29) is 0 Å². The normalized spacial score (nSPS) is 13.2. The van der Waals surface area contributed by atoms with Crippen LogP contribution in [-0.2, 0) is 5.75 Å². The highest BCUT2D eigenvalue weighted by atomic mass is 79.9. The Labute approximate surface area is 110 Å². The van der Waals surface area contributed by atoms with Crippen molar-refractivity contribution in [3.63, 3.8) is 0 Å². The van der Waals surface area contributed by atoms with Crippen molar-refractivity contribution in [1.82, 2.24) is 0 Å². The second kappa shape index (κ2) is 6.17. The average molecular weight is 308 g/mol. The minimum atomic E-state index is 0.671. The minimum Gasteiger partial charge on any atom is -0.154 e. The van der Waals surface area contributed by atoms with Crippen LogP contribution < -0.4 is 0 Å². The molecule has 0 aliphatic heterocycles. The highest BCUT2D eigenvalue weighted by molar-refractivity contribution is 9.10. The largest absolute Gasteiger partial charge is 0.154 e. The molecule has 15 heavy (non-hydrogen) atoms. The molecule has 0 saturated heterocycles. The smallest absolute Gasteiger partial charge is 0.0457 e. The fourth-order valence-corrected chi connectivity index (χ4v) is 2.95. The summed E-state index contributed by atoms with van der Waals surface area (Å²) < 4.78 is 1.04. The van der Waals surface area contributed by atoms with Crippen molar-refractivity contribution in [2.24, 2.45) is 5.92 Å². The van der Waals surface area contributed by atoms with Crippen LogP contribution in [0.3, 0.4) is 0 Å². The van der Waals surface area contributed by atoms with Gasteiger partial charge in [-0.1, -0.05) is 54.4 Å². The molecule has 0 radical (unpaired) electrons. The summed E-state index contributed by atoms with van der Waals surface area (Å²) in [5.41, 5.74) is 1.22. The number of halogens is 2. The molecule has 0 fully saturated rings. The molecule has 1 unspecified atom stereocenters. The van der Waals surface area contributed by atoms with Gasteiger partial charge >= 0.3 is 0 Å². The van der Waals surface area contributed by atoms with Crippen molar-refractivity contribution < 1.29 is 0 Å². The van der Waals surface area contributed by atoms with Gasteiger partial charge in [0.25, 0.3) is 0 Å². The standard InChI is InChI=1S/C12H16BrClS/c1-8(2)9(3)15-7-10-4-5-11(13)6-12(10)14/h4-6,8-9H,7H2,1-3H3. The summed E-state index contributed by atoms with van der Waals surface area (Å²) in [6.45, 7) is 6.77. The zero-order valence-electron chi connectivity index (χ0n) is 9.26. The quantitative estimate of drug-likeness (QED) is 0.719. The van der Waals surface area contributed by atoms with Crippen molar-refractivity contribution in [1.29, 1.82) is 0 Å². The van der Waals surface area contributed by atoms with Crippen LogP contribution >= 0.6 is 39.3 Å². The van der Waals surface area contributed by atoms with Gasteiger partial charge in [-0.05, 0) is 23.6 Å². The first-order chi connectivity index (χ1) is 7.00. The molecular weight excluding hydrogens is 292 g/mol. The maximum atomic E-state index is 6.15. The number of hydrogen-bond donors (Lipinski definition) is 0. The SMILES string of the molecule is CC(C)C(C)SCc1ccc(Br)cc1Cl. The van der Waals surface area contributed by atoms with Gasteiger partial charge in [-0.25, -0.2) is 0 Å². The van der Waals surface area contributed by atoms with Crippen LogP contribution in [0, 0.1) is 5.92 Å². The summed E-state index contributed by atoms with van der Waals surface area (Å²) in [4.78, 5) is 0. The third-order valence-electron chi connectivity index (χ3n) is 2.46. The zero-order chi connectivity index (χ0) is 11.4. The van der Waals surface area contributed by atoms with Gasteiger partial charge in [0, 0.05) is 20.5 Å². The fourth-order valence-electron chi connectivity index (χ4n) is 1.05. The molecule has 84 valence electrons. The summed E-state index contributed by atoms with van der Waals surface area (Å²) >= 11 is 11.5. The van der Waals surface area contributed by atoms with E-state index < -0.39 is 0 Å². The third-order valence-corrected chi connectivity index (χ3v) is 4.85. The molecule has 0 bridgehead atoms. The molecule has 0 saturated carbocycles. The van der Waals surface area contributed by atoms with Crippen LogP contribution in [-0.4, -0.2) is 5.25 Å². The van der Waals surface area contributed by atoms with Gasteiger partial charge in [0.15, 0.2) is 0 Å². The lowest BCUT2D eigenvalue weighted by molar-refractivity contribution is 0.642. The first kappa shape index (κ1) is 13.4. The number of benzene rings is 1. The average Bonchev–Trinajstić information content (AvgIpc) is 2.15. The lowest BCUT2D eigenvalue weighted by Crippen LogP contribution is -2.05. The van der Waals surface area contributed by atoms with Crippen molar-refractivity contribution in [2.45, 2.75) is 31.8 Å². The van der Waals surface area contributed by atoms with Gasteiger partial charge in [-0.2, -0.15) is 11.8 Å². The Balaban J connectivity index is 2.58. The molecule has 1 aromatic rings. The Morgan fingerprint density at radius 2 is 2.00 bits per heavy atom. The first-order valence-electron chi connectivity index (χ1n) is 5.06. The molecule has 0 aliphatic rings. The van der Waals surface area contributed by atoms with Gasteiger partial charge in [0.1, 0.15) is 0 Å². The predicted octanol–water partition coefficient (Wildman–Crippen LogP) is 5.38. The maximum Gasteiger partial charge on any atom is 0.0457 e. The van der Waals surface area contributed by atoms with E-state index in [9.17, 15) is 0 Å². The van der Waals surface area contributed by atoms with E-state index in [1.165, 1.54) is 5.56 Å². The van der Waals surface area contributed by atoms with Crippen LogP contribution in [0.15, 0.2) is 22.7 Å². The molecule has 0 spiro atoms. The minimum absolute atomic E-state index is 0.671. The zero-order valence-corrected chi connectivity index (χ0v) is 12.4. The Bertz CT molecular complexity index is 325. The van der Waals surface area contributed by atoms with Gasteiger partial charge in [-0.15, -0.1) is 0 Å². The van der Waals surface area contributed by atoms with Gasteiger partial charge in [0.2, 0.25) is 0 Å². The van der Waals surface area contributed by atoms with Crippen molar-refractivity contribution >= 4 is 39.3 Å². The molecule has 0 N–H and O–H groups in total. The number of rotatable bonds is 4. The topological polar surface area (TPSA) is 0 Å². The van der Waals surface area contributed by atoms with E-state index in [0.717, 1.165) is 15.2 Å². The lowest BCUT2D eigenvalue weighted by atomic mass is 10.2. The predicted molar refractivity (Wildman–Crippen MR) is 74.7 cm³/mol. The van der Waals surface area contributed by atoms with Crippen LogP contribution in [0.2, 0.25) is 5.02 Å². The summed E-state index contributed by atoms with van der Waals surface area (Å²) in [6.07, 6.45) is 0. The Kier molecular flexibility index (Phi) is 5.51. The summed E-state index contributed by atoms with van der Waals surface area (Å²) in [6, 6.07) is 6.09. The number of hydrogen-bond acceptors (Lipinski definition) is 1. The molecule has 0 aromatic heterocycles. The van der Waals surface area contributed by atoms with Crippen molar-refractivity contribution in [2.75, 3.05) is 0 Å². The van der Waals surface area contributed by atoms with Crippen LogP contribution in [0.4, 0.5) is 0 Å². The lowest BCUT2D eigenvalue weighted by Gasteiger charge is -2.15. The van der Waals surface area contributed by atoms with Gasteiger partial charge in [-0.3, -0.25) is 0 Å². The Hall–Kier alpha value is 0.340. The highest BCUT2D eigenvalue weighted by Crippen LogP contribution is 2.28. The van der Waals surface area contributed by atoms with E-state index in [1.807, 2.05) is 23.9 Å². The van der Waals surface area contributed by atoms with Gasteiger partial charge in [0.05, 0.1) is 0 Å². The maximum absolute atomic E-state index is 6.15. The fraction of sp³-hybridized carbons (Fsp3) is 0.500. The van der Waals surface area contributed by atoms with Gasteiger partial charge < -0.3 is 0 Å². The van der Waals surface area contributed by atoms with Crippen molar-refractivity contribution in [3.8, 4) is 0 Å². The van der Waals surface area contributed by atoms with E-state index >= 15 is 0 Å². The summed E-state index contributed by atoms with van der Waals surface area (Å²) in [5.74, 6) is 1.70. The van der Waals surface area contributed by atoms with E-state index in [0.29, 0.717) is 11.2 Å². The molecule has 0 nitrogen and oxygen atoms in total. The summed E-state index contributed by atoms with van der Waals surface area (Å²) in [7, 11) is 0. The second-order valence-corrected chi connectivity index (χ2v) is 6.68. The monoisotopic (exact) mass is 306 g/mol. The molecule has 0 amide bonds. The van der Waals surface area contributed by atoms with Crippen molar-refractivity contribution in [3.05, 3.63) is 33.3 Å². The van der Waals surface area contributed by atoms with Crippen LogP contribution in [0.25, 0.3) is 0 Å². The Morgan fingerprint density at radius 1 is 1.33 bits per heavy atom. The molecular formula is C12H16BrClS. The Morgan fingerprint density at radius 3 is 2.53 bits per heavy atom. The molecule has 1 atom stereocenters. The molecule has 0 aliphatic carbocycles. The second-order valence-electron chi connectivity index (χ2n) is 4.00. The molecule has 1 rings (SSSR count). The molecule has 1 aromatic carbocycles. The molecule has 3 heteroatoms. The van der Waals surface area contributed by atoms with E-state index in [4.69, 9.17) is 11.6 Å². The summed E-state index contributed by atoms with van der Waals surface area (Å²) in [5, 5.41) is 1.53. The van der Waals surface area contributed by atoms with Crippen LogP contribution in [0.1, 0.15) is 26.3 Å². The number of thioether (sulfide) groups is 1. The first-order valence-corrected chi connectivity index (χ1v) is 7.28. The molecule has 0 heterocycles. The van der Waals surface area contributed by atoms with E-state index in [2.05, 4.69) is 42.8 Å². The van der Waals surface area contributed by atoms with Crippen LogP contribution in [0.5, 0.6) is 0 Å². The highest BCUT2D eigenvalue weighted by Gasteiger charge is 2.09. The third kappa shape index (κ3) is 4.38. The van der Waals surface area contributed by atoms with E-state index in [1.54, 1.807) is 0 Å².